The van der Waals surface area contributed by atoms with E-state index in [1.165, 1.54) is 39.8 Å². The molecule has 6 heterocycles. The van der Waals surface area contributed by atoms with Crippen LogP contribution in [0.3, 0.4) is 0 Å². The summed E-state index contributed by atoms with van der Waals surface area (Å²) < 4.78 is 25.4. The molecule has 0 aliphatic rings. The molecule has 9 N–H and O–H groups in total. The van der Waals surface area contributed by atoms with E-state index in [0.29, 0.717) is 30.7 Å². The molecule has 20 nitrogen and oxygen atoms in total. The summed E-state index contributed by atoms with van der Waals surface area (Å²) in [5.74, 6) is 1.31. The van der Waals surface area contributed by atoms with Crippen molar-refractivity contribution in [2.24, 2.45) is 0 Å². The monoisotopic (exact) mass is 2200 g/mol. The Morgan fingerprint density at radius 2 is 0.750 bits per heavy atom. The van der Waals surface area contributed by atoms with Gasteiger partial charge in [0.05, 0.1) is 56.4 Å². The van der Waals surface area contributed by atoms with E-state index >= 15 is 0 Å². The molecular weight excluding hydrogens is 2080 g/mol. The molecule has 716 valence electrons. The molecular formula is C110H116B2Cl3I2N13O7Si3. The van der Waals surface area contributed by atoms with E-state index in [4.69, 9.17) is 85.0 Å². The Morgan fingerprint density at radius 1 is 0.364 bits per heavy atom. The number of nitrogens with zero attached hydrogens (tertiary/aromatic N) is 9. The molecule has 0 spiro atoms. The summed E-state index contributed by atoms with van der Waals surface area (Å²) in [5, 5.41) is 78.2. The van der Waals surface area contributed by atoms with E-state index < -0.39 is 38.5 Å². The van der Waals surface area contributed by atoms with Gasteiger partial charge in [0.15, 0.2) is 0 Å². The van der Waals surface area contributed by atoms with Gasteiger partial charge in [0.25, 0.3) is 0 Å². The summed E-state index contributed by atoms with van der Waals surface area (Å²) >= 11 is 22.4. The predicted molar refractivity (Wildman–Crippen MR) is 614 cm³/mol. The van der Waals surface area contributed by atoms with Crippen molar-refractivity contribution in [1.82, 2.24) is 59.9 Å². The first kappa shape index (κ1) is 107. The van der Waals surface area contributed by atoms with Gasteiger partial charge in [-0.2, -0.15) is 30.6 Å². The fourth-order valence-electron chi connectivity index (χ4n) is 13.9. The highest BCUT2D eigenvalue weighted by Crippen LogP contribution is 2.32. The molecule has 0 saturated carbocycles. The van der Waals surface area contributed by atoms with Crippen LogP contribution in [-0.4, -0.2) is 138 Å². The number of benzene rings is 13. The number of nitrogens with two attached hydrogens (primary N) is 1. The minimum Gasteiger partial charge on any atom is -0.424 e. The van der Waals surface area contributed by atoms with Crippen molar-refractivity contribution < 1.29 is 34.3 Å². The molecule has 0 bridgehead atoms. The Hall–Kier alpha value is -11.7. The largest absolute Gasteiger partial charge is 0.488 e. The van der Waals surface area contributed by atoms with Crippen LogP contribution in [0.2, 0.25) is 92.1 Å². The summed E-state index contributed by atoms with van der Waals surface area (Å²) in [4.78, 5) is 0. The van der Waals surface area contributed by atoms with Gasteiger partial charge in [0.2, 0.25) is 0 Å². The number of fused-ring (bicyclic) bond motifs is 6. The molecule has 30 heteroatoms. The summed E-state index contributed by atoms with van der Waals surface area (Å²) in [6.45, 7) is 25.1. The standard InChI is InChI=1S/C27H30N2OSi.C21H25ClN2OSi.C21H16N2.C13H18ClIN2OSi.C8H9BO2.C7H4ClIN2.C7H7N3.C6H7BO2/c1-31(2,3)19-18-30-21-29-27-17-15-24(23-12-8-5-9-13-23)20-25(27)26(28-29)16-14-22-10-6-4-7-11-22;1-26(2,3)14-13-25-16-24-21-12-10-18(22)15-19(21)20(23-24)11-9-17-7-5-4-6-8-17;1-3-7-16(8-4-1)11-13-20-19-15-18(12-14-21(19)23-22-20)17-9-5-2-6-10-17;1-19(2,3)7-6-18-9-17-12-5-4-10(14)8-11(12)13(15)16-17;10-9(11)7-6-8-4-2-1-3-5-8;8-4-1-2-6-5(3-4)7(9)11-10-6;8-6-1-2-7-5(3-6)4-9-10-7;8-7(9)6-4-2-1-3-5-6/h4-17,20H,18-19,21H2,1-3H3;4-12,15H,13-14,16H2,1-3H3;1-15H,(H,22,23);4-5,8H,6-7,9H2,1-3H3;1-7,10-11H;1-3H,(H,10,11);1-4H,8H2,(H,9,10);1-5,8-9H/b16-14+;11-9+;13-11+;;7-6+;;;. The van der Waals surface area contributed by atoms with Gasteiger partial charge in [0, 0.05) is 97.1 Å². The highest BCUT2D eigenvalue weighted by atomic mass is 127. The molecule has 0 atom stereocenters. The second-order valence-corrected chi connectivity index (χ2v) is 56.6. The number of H-pyrrole nitrogens is 3. The van der Waals surface area contributed by atoms with Gasteiger partial charge in [-0.1, -0.05) is 348 Å². The third-order valence-electron chi connectivity index (χ3n) is 21.6. The van der Waals surface area contributed by atoms with Gasteiger partial charge in [-0.3, -0.25) is 15.3 Å². The average molecular weight is 2200 g/mol. The zero-order valence-corrected chi connectivity index (χ0v) is 89.4. The number of halogens is 5. The quantitative estimate of drug-likeness (QED) is 0.0108. The van der Waals surface area contributed by atoms with Gasteiger partial charge in [-0.05, 0) is 229 Å². The number of anilines is 1. The van der Waals surface area contributed by atoms with E-state index in [2.05, 4.69) is 304 Å². The number of aromatic nitrogens is 12. The van der Waals surface area contributed by atoms with Gasteiger partial charge in [-0.15, -0.1) is 0 Å². The molecule has 0 unspecified atom stereocenters. The van der Waals surface area contributed by atoms with Gasteiger partial charge in [-0.25, -0.2) is 14.0 Å². The third-order valence-corrected chi connectivity index (χ3v) is 29.1. The Balaban J connectivity index is 0.000000148. The molecule has 19 rings (SSSR count). The predicted octanol–water partition coefficient (Wildman–Crippen LogP) is 27.4. The molecule has 0 radical (unpaired) electrons. The number of nitrogens with one attached hydrogen (secondary N) is 3. The molecule has 0 saturated heterocycles. The Labute approximate surface area is 864 Å². The number of hydrogen-bond donors (Lipinski definition) is 8. The fraction of sp³-hybridized carbons (Fsp3) is 0.164. The minimum absolute atomic E-state index is 0.460. The van der Waals surface area contributed by atoms with Crippen molar-refractivity contribution in [3.8, 4) is 22.3 Å². The summed E-state index contributed by atoms with van der Waals surface area (Å²) in [5.41, 5.74) is 25.2. The highest BCUT2D eigenvalue weighted by Gasteiger charge is 2.19. The zero-order valence-electron chi connectivity index (χ0n) is 79.8. The smallest absolute Gasteiger partial charge is 0.424 e. The van der Waals surface area contributed by atoms with Crippen molar-refractivity contribution in [3.05, 3.63) is 395 Å². The van der Waals surface area contributed by atoms with Crippen LogP contribution in [0.1, 0.15) is 39.3 Å². The average Bonchev–Trinajstić information content (AvgIpc) is 1.65. The first-order valence-corrected chi connectivity index (χ1v) is 60.3. The first-order valence-electron chi connectivity index (χ1n) is 45.9. The van der Waals surface area contributed by atoms with Gasteiger partial charge < -0.3 is 40.0 Å². The minimum atomic E-state index is -1.37. The van der Waals surface area contributed by atoms with Crippen LogP contribution in [0, 0.1) is 7.40 Å². The van der Waals surface area contributed by atoms with E-state index in [1.54, 1.807) is 36.5 Å². The summed E-state index contributed by atoms with van der Waals surface area (Å²) in [6.07, 6.45) is 15.9. The topological polar surface area (TPSA) is 274 Å². The van der Waals surface area contributed by atoms with Crippen molar-refractivity contribution in [2.45, 2.75) is 97.2 Å². The SMILES string of the molecule is C(=C\c1n[nH]c2ccc(-c3ccccc3)cc12)/c1ccccc1.C[Si](C)(C)CCOCn1nc(/C=C/c2ccccc2)c2cc(-c3ccccc3)ccc21.C[Si](C)(C)CCOCn1nc(/C=C/c2ccccc2)c2cc(Cl)ccc21.C[Si](C)(C)CCOCn1nc(I)c2cc(Cl)ccc21.Clc1ccc2n[nH]c(I)c2c1.Nc1ccc2[nH]ncc2c1.OB(O)/C=C/c1ccccc1.OB(O)c1ccccc1. The third kappa shape index (κ3) is 34.9. The molecule has 19 aromatic rings. The summed E-state index contributed by atoms with van der Waals surface area (Å²) in [7, 11) is -5.92. The molecule has 0 aliphatic heterocycles. The van der Waals surface area contributed by atoms with Crippen LogP contribution in [0.25, 0.3) is 130 Å². The number of ether oxygens (including phenoxy) is 3. The van der Waals surface area contributed by atoms with E-state index in [9.17, 15) is 0 Å². The van der Waals surface area contributed by atoms with E-state index in [0.717, 1.165) is 154 Å². The van der Waals surface area contributed by atoms with Crippen LogP contribution in [0.4, 0.5) is 5.69 Å². The lowest BCUT2D eigenvalue weighted by Crippen LogP contribution is -2.29. The van der Waals surface area contributed by atoms with Crippen LogP contribution in [0.5, 0.6) is 0 Å². The van der Waals surface area contributed by atoms with Crippen LogP contribution in [0.15, 0.2) is 334 Å². The lowest BCUT2D eigenvalue weighted by molar-refractivity contribution is 0.0814. The summed E-state index contributed by atoms with van der Waals surface area (Å²) in [6, 6.07) is 109. The first-order chi connectivity index (χ1) is 67.4. The fourth-order valence-corrected chi connectivity index (χ4v) is 18.0. The lowest BCUT2D eigenvalue weighted by Gasteiger charge is -2.15. The maximum absolute atomic E-state index is 8.58. The van der Waals surface area contributed by atoms with Crippen LogP contribution < -0.4 is 11.2 Å². The van der Waals surface area contributed by atoms with Gasteiger partial charge in [0.1, 0.15) is 27.6 Å². The molecule has 0 fully saturated rings. The van der Waals surface area contributed by atoms with Gasteiger partial charge >= 0.3 is 14.2 Å². The van der Waals surface area contributed by atoms with Crippen molar-refractivity contribution in [3.63, 3.8) is 0 Å². The zero-order chi connectivity index (χ0) is 99.4. The van der Waals surface area contributed by atoms with Crippen LogP contribution in [-0.2, 0) is 34.4 Å². The second kappa shape index (κ2) is 53.8. The number of nitrogen functional groups attached to an aromatic ring is 1. The van der Waals surface area contributed by atoms with Crippen molar-refractivity contribution in [2.75, 3.05) is 25.6 Å². The van der Waals surface area contributed by atoms with E-state index in [1.807, 2.05) is 184 Å². The Kier molecular flexibility index (Phi) is 41.1. The Bertz CT molecular complexity index is 7190. The molecule has 13 aromatic carbocycles. The highest BCUT2D eigenvalue weighted by molar-refractivity contribution is 14.1. The van der Waals surface area contributed by atoms with Crippen molar-refractivity contribution >= 4 is 238 Å². The van der Waals surface area contributed by atoms with E-state index in [-0.39, 0.29) is 0 Å². The molecule has 6 aromatic heterocycles. The van der Waals surface area contributed by atoms with Crippen LogP contribution >= 0.6 is 80.0 Å². The maximum atomic E-state index is 8.58. The number of rotatable bonds is 26. The second-order valence-electron chi connectivity index (χ2n) is 36.4. The number of hydrogen-bond acceptors (Lipinski definition) is 14. The molecule has 140 heavy (non-hydrogen) atoms. The maximum Gasteiger partial charge on any atom is 0.488 e. The lowest BCUT2D eigenvalue weighted by atomic mass is 9.81. The Morgan fingerprint density at radius 3 is 1.21 bits per heavy atom. The molecule has 0 amide bonds. The molecule has 0 aliphatic carbocycles. The normalized spacial score (nSPS) is 11.5. The number of aromatic amines is 3. The van der Waals surface area contributed by atoms with Crippen molar-refractivity contribution in [1.29, 1.82) is 0 Å².